The van der Waals surface area contributed by atoms with E-state index < -0.39 is 19.9 Å². The van der Waals surface area contributed by atoms with Crippen molar-refractivity contribution in [3.63, 3.8) is 0 Å². The van der Waals surface area contributed by atoms with Gasteiger partial charge in [0, 0.05) is 19.3 Å². The second-order valence-corrected chi connectivity index (χ2v) is 7.84. The first-order valence-electron chi connectivity index (χ1n) is 5.74. The molecule has 0 atom stereocenters. The minimum absolute atomic E-state index is 0.0766. The molecule has 0 aliphatic rings. The Hall–Kier alpha value is -1.16. The van der Waals surface area contributed by atoms with Gasteiger partial charge >= 0.3 is 0 Å². The van der Waals surface area contributed by atoms with Gasteiger partial charge in [-0.3, -0.25) is 0 Å². The third-order valence-electron chi connectivity index (χ3n) is 2.52. The lowest BCUT2D eigenvalue weighted by Crippen LogP contribution is -2.30. The number of nitrogens with one attached hydrogen (secondary N) is 2. The van der Waals surface area contributed by atoms with Gasteiger partial charge in [0.2, 0.25) is 10.0 Å². The lowest BCUT2D eigenvalue weighted by Gasteiger charge is -2.11. The molecule has 0 radical (unpaired) electrons. The highest BCUT2D eigenvalue weighted by Crippen LogP contribution is 2.26. The summed E-state index contributed by atoms with van der Waals surface area (Å²) in [4.78, 5) is -0.272. The monoisotopic (exact) mass is 322 g/mol. The summed E-state index contributed by atoms with van der Waals surface area (Å²) in [5.41, 5.74) is 0. The van der Waals surface area contributed by atoms with Crippen LogP contribution in [0.15, 0.2) is 28.0 Å². The summed E-state index contributed by atoms with van der Waals surface area (Å²) in [7, 11) is -4.32. The molecule has 0 aliphatic carbocycles. The largest absolute Gasteiger partial charge is 0.495 e. The van der Waals surface area contributed by atoms with Crippen LogP contribution >= 0.6 is 0 Å². The summed E-state index contributed by atoms with van der Waals surface area (Å²) in [5.74, 6) is 0.0920. The Kier molecular flexibility index (Phi) is 5.51. The number of benzene rings is 1. The second kappa shape index (κ2) is 6.53. The smallest absolute Gasteiger partial charge is 0.244 e. The number of likely N-dealkylation sites (N-methyl/N-ethyl adjacent to an activating group) is 1. The van der Waals surface area contributed by atoms with E-state index in [9.17, 15) is 16.8 Å². The van der Waals surface area contributed by atoms with E-state index in [0.29, 0.717) is 6.54 Å². The summed E-state index contributed by atoms with van der Waals surface area (Å²) in [5, 5.41) is 2.80. The van der Waals surface area contributed by atoms with E-state index in [1.807, 2.05) is 0 Å². The first kappa shape index (κ1) is 16.9. The molecule has 1 rings (SSSR count). The zero-order valence-electron chi connectivity index (χ0n) is 11.5. The fourth-order valence-electron chi connectivity index (χ4n) is 1.49. The molecule has 2 N–H and O–H groups in total. The Morgan fingerprint density at radius 2 is 1.80 bits per heavy atom. The second-order valence-electron chi connectivity index (χ2n) is 4.09. The minimum atomic E-state index is -3.84. The first-order chi connectivity index (χ1) is 9.22. The molecule has 20 heavy (non-hydrogen) atoms. The van der Waals surface area contributed by atoms with Crippen molar-refractivity contribution in [2.45, 2.75) is 9.79 Å². The van der Waals surface area contributed by atoms with Gasteiger partial charge in [0.15, 0.2) is 9.84 Å². The van der Waals surface area contributed by atoms with Crippen molar-refractivity contribution in [1.29, 1.82) is 0 Å². The maximum Gasteiger partial charge on any atom is 0.244 e. The van der Waals surface area contributed by atoms with Crippen LogP contribution in [0.3, 0.4) is 0 Å². The van der Waals surface area contributed by atoms with E-state index in [1.54, 1.807) is 7.05 Å². The molecule has 0 spiro atoms. The number of hydrogen-bond acceptors (Lipinski definition) is 6. The number of methoxy groups -OCH3 is 1. The average Bonchev–Trinajstić information content (AvgIpc) is 2.37. The van der Waals surface area contributed by atoms with Crippen molar-refractivity contribution in [1.82, 2.24) is 10.0 Å². The fraction of sp³-hybridized carbons (Fsp3) is 0.455. The van der Waals surface area contributed by atoms with Crippen LogP contribution in [0.1, 0.15) is 0 Å². The molecule has 0 unspecified atom stereocenters. The highest BCUT2D eigenvalue weighted by molar-refractivity contribution is 7.91. The molecule has 0 amide bonds. The van der Waals surface area contributed by atoms with Crippen molar-refractivity contribution in [2.24, 2.45) is 0 Å². The van der Waals surface area contributed by atoms with E-state index in [4.69, 9.17) is 4.74 Å². The average molecular weight is 322 g/mol. The van der Waals surface area contributed by atoms with Crippen LogP contribution in [0.5, 0.6) is 5.75 Å². The van der Waals surface area contributed by atoms with Crippen LogP contribution in [0.4, 0.5) is 0 Å². The molecule has 9 heteroatoms. The van der Waals surface area contributed by atoms with Crippen LogP contribution in [-0.2, 0) is 19.9 Å². The van der Waals surface area contributed by atoms with Crippen molar-refractivity contribution in [2.75, 3.05) is 33.5 Å². The molecule has 0 bridgehead atoms. The van der Waals surface area contributed by atoms with Crippen LogP contribution in [0.25, 0.3) is 0 Å². The molecule has 0 heterocycles. The predicted molar refractivity (Wildman–Crippen MR) is 75.2 cm³/mol. The third kappa shape index (κ3) is 4.17. The molecule has 7 nitrogen and oxygen atoms in total. The lowest BCUT2D eigenvalue weighted by molar-refractivity contribution is 0.401. The van der Waals surface area contributed by atoms with Gasteiger partial charge in [-0.25, -0.2) is 21.6 Å². The molecule has 1 aromatic carbocycles. The van der Waals surface area contributed by atoms with Crippen molar-refractivity contribution in [3.05, 3.63) is 18.2 Å². The van der Waals surface area contributed by atoms with Gasteiger partial charge in [-0.15, -0.1) is 0 Å². The van der Waals surface area contributed by atoms with Crippen LogP contribution in [0, 0.1) is 0 Å². The molecule has 114 valence electrons. The molecule has 0 fully saturated rings. The van der Waals surface area contributed by atoms with E-state index >= 15 is 0 Å². The van der Waals surface area contributed by atoms with Crippen LogP contribution < -0.4 is 14.8 Å². The number of rotatable bonds is 7. The Morgan fingerprint density at radius 3 is 2.30 bits per heavy atom. The Bertz CT molecular complexity index is 668. The quantitative estimate of drug-likeness (QED) is 0.662. The number of ether oxygens (including phenoxy) is 1. The zero-order valence-corrected chi connectivity index (χ0v) is 13.1. The zero-order chi connectivity index (χ0) is 15.4. The van der Waals surface area contributed by atoms with Gasteiger partial charge in [0.1, 0.15) is 10.6 Å². The summed E-state index contributed by atoms with van der Waals surface area (Å²) in [6.07, 6.45) is 1.01. The van der Waals surface area contributed by atoms with E-state index in [2.05, 4.69) is 10.0 Å². The van der Waals surface area contributed by atoms with Crippen LogP contribution in [0.2, 0.25) is 0 Å². The lowest BCUT2D eigenvalue weighted by atomic mass is 10.3. The van der Waals surface area contributed by atoms with Gasteiger partial charge in [0.25, 0.3) is 0 Å². The fourth-order valence-corrected chi connectivity index (χ4v) is 3.43. The Morgan fingerprint density at radius 1 is 1.15 bits per heavy atom. The molecule has 0 aliphatic heterocycles. The predicted octanol–water partition coefficient (Wildman–Crippen LogP) is -0.404. The van der Waals surface area contributed by atoms with Gasteiger partial charge < -0.3 is 10.1 Å². The Balaban J connectivity index is 3.27. The topological polar surface area (TPSA) is 102 Å². The van der Waals surface area contributed by atoms with E-state index in [1.165, 1.54) is 19.2 Å². The molecule has 1 aromatic rings. The standard InChI is InChI=1S/C11H18N2O5S2/c1-12-6-7-13-20(16,17)11-8-9(19(3,14)15)4-5-10(11)18-2/h4-5,8,12-13H,6-7H2,1-3H3. The maximum atomic E-state index is 12.2. The molecule has 0 saturated carbocycles. The van der Waals surface area contributed by atoms with Crippen LogP contribution in [-0.4, -0.2) is 50.3 Å². The number of sulfone groups is 1. The van der Waals surface area contributed by atoms with Gasteiger partial charge in [-0.2, -0.15) is 0 Å². The van der Waals surface area contributed by atoms with Gasteiger partial charge in [-0.05, 0) is 25.2 Å². The summed E-state index contributed by atoms with van der Waals surface area (Å²) < 4.78 is 54.7. The first-order valence-corrected chi connectivity index (χ1v) is 9.12. The summed E-state index contributed by atoms with van der Waals surface area (Å²) in [6, 6.07) is 3.72. The summed E-state index contributed by atoms with van der Waals surface area (Å²) in [6.45, 7) is 0.637. The normalized spacial score (nSPS) is 12.3. The van der Waals surface area contributed by atoms with Gasteiger partial charge in [-0.1, -0.05) is 0 Å². The van der Waals surface area contributed by atoms with Crippen molar-refractivity contribution >= 4 is 19.9 Å². The maximum absolute atomic E-state index is 12.2. The molecular formula is C11H18N2O5S2. The minimum Gasteiger partial charge on any atom is -0.495 e. The van der Waals surface area contributed by atoms with Crippen molar-refractivity contribution < 1.29 is 21.6 Å². The summed E-state index contributed by atoms with van der Waals surface area (Å²) >= 11 is 0. The Labute approximate surface area is 119 Å². The highest BCUT2D eigenvalue weighted by Gasteiger charge is 2.21. The van der Waals surface area contributed by atoms with E-state index in [-0.39, 0.29) is 22.1 Å². The van der Waals surface area contributed by atoms with Gasteiger partial charge in [0.05, 0.1) is 12.0 Å². The van der Waals surface area contributed by atoms with Crippen molar-refractivity contribution in [3.8, 4) is 5.75 Å². The third-order valence-corrected chi connectivity index (χ3v) is 5.11. The number of sulfonamides is 1. The van der Waals surface area contributed by atoms with E-state index in [0.717, 1.165) is 12.3 Å². The highest BCUT2D eigenvalue weighted by atomic mass is 32.2. The molecule has 0 saturated heterocycles. The molecule has 0 aromatic heterocycles. The number of hydrogen-bond donors (Lipinski definition) is 2. The molecular weight excluding hydrogens is 304 g/mol. The SMILES string of the molecule is CNCCNS(=O)(=O)c1cc(S(C)(=O)=O)ccc1OC.